The number of nitrogens with one attached hydrogen (secondary N) is 1. The third-order valence-electron chi connectivity index (χ3n) is 10.2. The molecule has 52 heavy (non-hydrogen) atoms. The molecule has 2 atom stereocenters. The van der Waals surface area contributed by atoms with Crippen LogP contribution in [0.3, 0.4) is 0 Å². The third-order valence-corrected chi connectivity index (χ3v) is 10.2. The Kier molecular flexibility index (Phi) is 39.1. The number of Topliss-reactive ketones (excluding diaryl/α,β-unsaturated/α-hetero) is 2. The van der Waals surface area contributed by atoms with Crippen LogP contribution >= 0.6 is 0 Å². The number of aliphatic hydroxyl groups is 1. The molecule has 3 N–H and O–H groups in total. The van der Waals surface area contributed by atoms with Gasteiger partial charge >= 0.3 is 0 Å². The van der Waals surface area contributed by atoms with Crippen LogP contribution in [0.1, 0.15) is 207 Å². The second kappa shape index (κ2) is 38.9. The maximum atomic E-state index is 13.7. The average Bonchev–Trinajstić information content (AvgIpc) is 3.11. The number of hydrogen-bond acceptors (Lipinski definition) is 6. The van der Waals surface area contributed by atoms with E-state index in [4.69, 9.17) is 9.90 Å². The zero-order chi connectivity index (χ0) is 39.1. The lowest BCUT2D eigenvalue weighted by Crippen LogP contribution is -2.65. The number of aliphatic carboxylic acids is 1. The summed E-state index contributed by atoms with van der Waals surface area (Å²) in [6.07, 6.45) is 42.3. The van der Waals surface area contributed by atoms with Crippen molar-refractivity contribution in [2.75, 3.05) is 27.2 Å². The molecule has 306 valence electrons. The van der Waals surface area contributed by atoms with Crippen molar-refractivity contribution >= 4 is 17.5 Å². The number of carboxylic acid groups (broad SMARTS) is 1. The molecule has 0 aliphatic heterocycles. The van der Waals surface area contributed by atoms with E-state index in [9.17, 15) is 14.7 Å². The minimum Gasteiger partial charge on any atom is -0.481 e. The standard InChI is InChI=1S/C43H82N2O3.C2H4O2/c1-6-8-10-12-14-16-18-20-22-24-26-28-30-32-34-36-40(47)42(44-38-39-46)43(3,45(4)5)41(48)37-35-33-31-29-27-25-23-21-19-17-15-13-11-9-7-2;1-2(3)4/h20-23,42,44,46H,6-19,24-39H2,1-5H3;1H3,(H,3,4)/b22-20-,23-21-;. The van der Waals surface area contributed by atoms with Gasteiger partial charge in [-0.3, -0.25) is 19.3 Å². The van der Waals surface area contributed by atoms with Gasteiger partial charge in [0.15, 0.2) is 11.6 Å². The Bertz CT molecular complexity index is 883. The number of hydrogen-bond donors (Lipinski definition) is 3. The van der Waals surface area contributed by atoms with Crippen LogP contribution in [-0.4, -0.2) is 71.5 Å². The van der Waals surface area contributed by atoms with E-state index < -0.39 is 17.6 Å². The average molecular weight is 735 g/mol. The molecule has 0 saturated carbocycles. The summed E-state index contributed by atoms with van der Waals surface area (Å²) in [4.78, 5) is 38.1. The van der Waals surface area contributed by atoms with Gasteiger partial charge in [0, 0.05) is 26.3 Å². The van der Waals surface area contributed by atoms with Crippen molar-refractivity contribution in [3.63, 3.8) is 0 Å². The lowest BCUT2D eigenvalue weighted by atomic mass is 9.80. The summed E-state index contributed by atoms with van der Waals surface area (Å²) in [5.74, 6) is -0.617. The number of carboxylic acids is 1. The van der Waals surface area contributed by atoms with Crippen molar-refractivity contribution < 1.29 is 24.6 Å². The SMILES string of the molecule is CC(=O)O.CCCCCCCC/C=C\CCCCCCCC(=O)C(NCCO)C(C)(C(=O)CCCCCCC/C=C\CCCCCCCC)N(C)C. The minimum absolute atomic E-state index is 0.0525. The molecule has 0 aromatic carbocycles. The van der Waals surface area contributed by atoms with Crippen LogP contribution < -0.4 is 5.32 Å². The molecule has 7 heteroatoms. The molecule has 0 heterocycles. The molecule has 7 nitrogen and oxygen atoms in total. The highest BCUT2D eigenvalue weighted by Crippen LogP contribution is 2.25. The molecular formula is C45H86N2O5. The molecule has 0 fully saturated rings. The predicted octanol–water partition coefficient (Wildman–Crippen LogP) is 11.6. The molecule has 0 aromatic rings. The fraction of sp³-hybridized carbons (Fsp3) is 0.844. The number of carbonyl (C=O) groups is 3. The number of nitrogens with zero attached hydrogens (tertiary/aromatic N) is 1. The molecule has 0 radical (unpaired) electrons. The second-order valence-corrected chi connectivity index (χ2v) is 15.2. The zero-order valence-electron chi connectivity index (χ0n) is 35.2. The summed E-state index contributed by atoms with van der Waals surface area (Å²) in [5, 5.41) is 20.2. The minimum atomic E-state index is -0.922. The van der Waals surface area contributed by atoms with Gasteiger partial charge in [0.2, 0.25) is 0 Å². The van der Waals surface area contributed by atoms with Gasteiger partial charge in [0.1, 0.15) is 0 Å². The quantitative estimate of drug-likeness (QED) is 0.0431. The Morgan fingerprint density at radius 3 is 1.27 bits per heavy atom. The normalized spacial score (nSPS) is 13.4. The fourth-order valence-electron chi connectivity index (χ4n) is 6.63. The van der Waals surface area contributed by atoms with E-state index in [1.54, 1.807) is 0 Å². The van der Waals surface area contributed by atoms with Crippen LogP contribution in [0.2, 0.25) is 0 Å². The Balaban J connectivity index is 0. The Hall–Kier alpha value is -1.83. The van der Waals surface area contributed by atoms with E-state index in [0.717, 1.165) is 58.3 Å². The van der Waals surface area contributed by atoms with Crippen molar-refractivity contribution in [2.24, 2.45) is 0 Å². The number of allylic oxidation sites excluding steroid dienone is 4. The molecule has 0 spiro atoms. The maximum absolute atomic E-state index is 13.7. The van der Waals surface area contributed by atoms with E-state index in [0.29, 0.717) is 19.4 Å². The van der Waals surface area contributed by atoms with Crippen LogP contribution in [0.5, 0.6) is 0 Å². The first-order valence-corrected chi connectivity index (χ1v) is 21.7. The first-order valence-electron chi connectivity index (χ1n) is 21.7. The maximum Gasteiger partial charge on any atom is 0.300 e. The van der Waals surface area contributed by atoms with Gasteiger partial charge in [-0.2, -0.15) is 0 Å². The van der Waals surface area contributed by atoms with Gasteiger partial charge in [-0.1, -0.05) is 141 Å². The fourth-order valence-corrected chi connectivity index (χ4v) is 6.63. The molecule has 0 bridgehead atoms. The highest BCUT2D eigenvalue weighted by Gasteiger charge is 2.45. The van der Waals surface area contributed by atoms with E-state index in [-0.39, 0.29) is 18.2 Å². The number of aliphatic hydroxyl groups excluding tert-OH is 1. The molecule has 0 aromatic heterocycles. The van der Waals surface area contributed by atoms with Crippen LogP contribution in [0, 0.1) is 0 Å². The number of carbonyl (C=O) groups excluding carboxylic acids is 2. The molecular weight excluding hydrogens is 649 g/mol. The van der Waals surface area contributed by atoms with Gasteiger partial charge in [-0.05, 0) is 85.2 Å². The molecule has 0 saturated heterocycles. The Morgan fingerprint density at radius 1 is 0.596 bits per heavy atom. The monoisotopic (exact) mass is 735 g/mol. The van der Waals surface area contributed by atoms with E-state index in [1.807, 2.05) is 25.9 Å². The van der Waals surface area contributed by atoms with Crippen LogP contribution in [-0.2, 0) is 14.4 Å². The highest BCUT2D eigenvalue weighted by molar-refractivity contribution is 5.97. The molecule has 0 amide bonds. The molecule has 0 aliphatic carbocycles. The summed E-state index contributed by atoms with van der Waals surface area (Å²) in [5.41, 5.74) is -0.922. The van der Waals surface area contributed by atoms with Gasteiger partial charge in [-0.15, -0.1) is 0 Å². The van der Waals surface area contributed by atoms with Crippen molar-refractivity contribution in [1.82, 2.24) is 10.2 Å². The lowest BCUT2D eigenvalue weighted by molar-refractivity contribution is -0.137. The second-order valence-electron chi connectivity index (χ2n) is 15.2. The largest absolute Gasteiger partial charge is 0.481 e. The van der Waals surface area contributed by atoms with Crippen molar-refractivity contribution in [3.8, 4) is 0 Å². The predicted molar refractivity (Wildman–Crippen MR) is 223 cm³/mol. The first kappa shape index (κ1) is 52.3. The highest BCUT2D eigenvalue weighted by atomic mass is 16.4. The van der Waals surface area contributed by atoms with Gasteiger partial charge in [-0.25, -0.2) is 0 Å². The number of ketones is 2. The third kappa shape index (κ3) is 31.7. The zero-order valence-corrected chi connectivity index (χ0v) is 35.2. The summed E-state index contributed by atoms with van der Waals surface area (Å²) in [6.45, 7) is 7.79. The van der Waals surface area contributed by atoms with E-state index in [2.05, 4.69) is 43.5 Å². The van der Waals surface area contributed by atoms with E-state index in [1.165, 1.54) is 116 Å². The van der Waals surface area contributed by atoms with Crippen molar-refractivity contribution in [1.29, 1.82) is 0 Å². The van der Waals surface area contributed by atoms with Crippen LogP contribution in [0.4, 0.5) is 0 Å². The van der Waals surface area contributed by atoms with Crippen molar-refractivity contribution in [3.05, 3.63) is 24.3 Å². The first-order chi connectivity index (χ1) is 25.1. The van der Waals surface area contributed by atoms with Crippen LogP contribution in [0.25, 0.3) is 0 Å². The number of likely N-dealkylation sites (N-methyl/N-ethyl adjacent to an activating group) is 1. The van der Waals surface area contributed by atoms with Gasteiger partial charge in [0.25, 0.3) is 5.97 Å². The number of unbranched alkanes of at least 4 members (excludes halogenated alkanes) is 22. The Labute approximate surface area is 322 Å². The molecule has 0 aliphatic rings. The number of rotatable bonds is 37. The summed E-state index contributed by atoms with van der Waals surface area (Å²) in [6, 6.07) is -0.605. The topological polar surface area (TPSA) is 107 Å². The van der Waals surface area contributed by atoms with Crippen molar-refractivity contribution in [2.45, 2.75) is 219 Å². The molecule has 0 rings (SSSR count). The van der Waals surface area contributed by atoms with Crippen LogP contribution in [0.15, 0.2) is 24.3 Å². The summed E-state index contributed by atoms with van der Waals surface area (Å²) in [7, 11) is 3.81. The summed E-state index contributed by atoms with van der Waals surface area (Å²) >= 11 is 0. The van der Waals surface area contributed by atoms with E-state index >= 15 is 0 Å². The molecule has 2 unspecified atom stereocenters. The lowest BCUT2D eigenvalue weighted by Gasteiger charge is -2.41. The summed E-state index contributed by atoms with van der Waals surface area (Å²) < 4.78 is 0. The van der Waals surface area contributed by atoms with Gasteiger partial charge < -0.3 is 15.5 Å². The smallest absolute Gasteiger partial charge is 0.300 e. The van der Waals surface area contributed by atoms with Gasteiger partial charge in [0.05, 0.1) is 18.2 Å². The Morgan fingerprint density at radius 2 is 0.923 bits per heavy atom.